The van der Waals surface area contributed by atoms with Crippen molar-refractivity contribution >= 4 is 34.3 Å². The highest BCUT2D eigenvalue weighted by Crippen LogP contribution is 2.37. The van der Waals surface area contributed by atoms with Crippen molar-refractivity contribution in [3.63, 3.8) is 0 Å². The highest BCUT2D eigenvalue weighted by Gasteiger charge is 2.17. The van der Waals surface area contributed by atoms with Crippen LogP contribution in [0, 0.1) is 0 Å². The lowest BCUT2D eigenvalue weighted by Crippen LogP contribution is -2.16. The predicted molar refractivity (Wildman–Crippen MR) is 78.1 cm³/mol. The van der Waals surface area contributed by atoms with E-state index in [1.165, 1.54) is 7.11 Å². The maximum atomic E-state index is 11.2. The van der Waals surface area contributed by atoms with Crippen LogP contribution in [0.25, 0.3) is 0 Å². The molecule has 0 aliphatic rings. The average molecular weight is 355 g/mol. The molecule has 0 saturated carbocycles. The maximum Gasteiger partial charge on any atom is 0.307 e. The molecule has 0 aliphatic carbocycles. The summed E-state index contributed by atoms with van der Waals surface area (Å²) in [6.45, 7) is 0. The number of nitrogens with two attached hydrogens (primary N) is 1. The van der Waals surface area contributed by atoms with Crippen LogP contribution in [0.1, 0.15) is 18.0 Å². The molecule has 0 fully saturated rings. The Bertz CT molecular complexity index is 417. The first-order valence-electron chi connectivity index (χ1n) is 5.27. The third-order valence-electron chi connectivity index (χ3n) is 2.51. The van der Waals surface area contributed by atoms with Crippen molar-refractivity contribution in [3.8, 4) is 11.5 Å². The van der Waals surface area contributed by atoms with E-state index in [1.807, 2.05) is 0 Å². The molecule has 108 valence electrons. The zero-order valence-corrected chi connectivity index (χ0v) is 13.3. The van der Waals surface area contributed by atoms with Crippen LogP contribution in [0.15, 0.2) is 16.6 Å². The second-order valence-corrected chi connectivity index (χ2v) is 4.42. The van der Waals surface area contributed by atoms with Gasteiger partial charge in [-0.1, -0.05) is 0 Å². The summed E-state index contributed by atoms with van der Waals surface area (Å²) in [5.41, 5.74) is 6.69. The summed E-state index contributed by atoms with van der Waals surface area (Å²) < 4.78 is 15.7. The molecule has 19 heavy (non-hydrogen) atoms. The van der Waals surface area contributed by atoms with Crippen LogP contribution in [0.4, 0.5) is 0 Å². The third-order valence-corrected chi connectivity index (χ3v) is 3.29. The van der Waals surface area contributed by atoms with Gasteiger partial charge in [-0.05, 0) is 33.6 Å². The first kappa shape index (κ1) is 18.0. The van der Waals surface area contributed by atoms with Crippen LogP contribution < -0.4 is 15.2 Å². The van der Waals surface area contributed by atoms with Crippen LogP contribution in [-0.4, -0.2) is 27.3 Å². The second kappa shape index (κ2) is 8.24. The molecule has 1 rings (SSSR count). The largest absolute Gasteiger partial charge is 0.495 e. The molecule has 5 nitrogen and oxygen atoms in total. The number of halogens is 2. The first-order chi connectivity index (χ1) is 8.53. The summed E-state index contributed by atoms with van der Waals surface area (Å²) in [5.74, 6) is 0.845. The second-order valence-electron chi connectivity index (χ2n) is 3.63. The summed E-state index contributed by atoms with van der Waals surface area (Å²) in [6, 6.07) is 3.06. The zero-order valence-electron chi connectivity index (χ0n) is 10.9. The third kappa shape index (κ3) is 4.56. The normalized spacial score (nSPS) is 11.2. The molecule has 1 aromatic carbocycles. The molecule has 0 spiro atoms. The van der Waals surface area contributed by atoms with E-state index in [-0.39, 0.29) is 24.8 Å². The number of benzene rings is 1. The van der Waals surface area contributed by atoms with E-state index in [1.54, 1.807) is 26.4 Å². The summed E-state index contributed by atoms with van der Waals surface area (Å²) in [5, 5.41) is 0. The minimum Gasteiger partial charge on any atom is -0.495 e. The Morgan fingerprint density at radius 1 is 1.26 bits per heavy atom. The molecular formula is C12H17BrClNO4. The van der Waals surface area contributed by atoms with Gasteiger partial charge in [0.05, 0.1) is 27.8 Å². The molecule has 0 amide bonds. The van der Waals surface area contributed by atoms with E-state index in [4.69, 9.17) is 15.2 Å². The monoisotopic (exact) mass is 353 g/mol. The molecule has 0 aliphatic heterocycles. The topological polar surface area (TPSA) is 70.8 Å². The molecule has 0 aromatic heterocycles. The standard InChI is InChI=1S/C12H16BrNO4.ClH/c1-16-9-4-7(5-10(17-2)12(9)13)8(14)6-11(15)18-3;/h4-5,8H,6,14H2,1-3H3;1H/t8-;/m1./s1. The smallest absolute Gasteiger partial charge is 0.307 e. The SMILES string of the molecule is COC(=O)C[C@@H](N)c1cc(OC)c(Br)c(OC)c1.Cl. The van der Waals surface area contributed by atoms with Gasteiger partial charge in [-0.25, -0.2) is 0 Å². The fraction of sp³-hybridized carbons (Fsp3) is 0.417. The number of esters is 1. The molecule has 0 unspecified atom stereocenters. The van der Waals surface area contributed by atoms with E-state index in [0.717, 1.165) is 5.56 Å². The first-order valence-corrected chi connectivity index (χ1v) is 6.06. The molecule has 7 heteroatoms. The van der Waals surface area contributed by atoms with Crippen molar-refractivity contribution in [1.82, 2.24) is 0 Å². The van der Waals surface area contributed by atoms with Crippen molar-refractivity contribution in [2.75, 3.05) is 21.3 Å². The lowest BCUT2D eigenvalue weighted by atomic mass is 10.0. The van der Waals surface area contributed by atoms with E-state index >= 15 is 0 Å². The van der Waals surface area contributed by atoms with Gasteiger partial charge in [-0.3, -0.25) is 4.79 Å². The summed E-state index contributed by atoms with van der Waals surface area (Å²) in [6.07, 6.45) is 0.102. The van der Waals surface area contributed by atoms with Crippen molar-refractivity contribution in [2.45, 2.75) is 12.5 Å². The van der Waals surface area contributed by atoms with Crippen LogP contribution in [0.5, 0.6) is 11.5 Å². The van der Waals surface area contributed by atoms with Gasteiger partial charge in [0.1, 0.15) is 16.0 Å². The van der Waals surface area contributed by atoms with Crippen LogP contribution in [0.3, 0.4) is 0 Å². The highest BCUT2D eigenvalue weighted by atomic mass is 79.9. The lowest BCUT2D eigenvalue weighted by Gasteiger charge is -2.15. The van der Waals surface area contributed by atoms with Crippen molar-refractivity contribution in [2.24, 2.45) is 5.73 Å². The zero-order chi connectivity index (χ0) is 13.7. The van der Waals surface area contributed by atoms with Gasteiger partial charge in [0.2, 0.25) is 0 Å². The van der Waals surface area contributed by atoms with Gasteiger partial charge in [0, 0.05) is 6.04 Å². The molecule has 1 aromatic rings. The number of rotatable bonds is 5. The number of ether oxygens (including phenoxy) is 3. The summed E-state index contributed by atoms with van der Waals surface area (Å²) in [7, 11) is 4.43. The number of carbonyl (C=O) groups excluding carboxylic acids is 1. The number of carbonyl (C=O) groups is 1. The molecule has 2 N–H and O–H groups in total. The molecule has 0 radical (unpaired) electrons. The van der Waals surface area contributed by atoms with E-state index < -0.39 is 6.04 Å². The Labute approximate surface area is 126 Å². The minimum absolute atomic E-state index is 0. The number of hydrogen-bond acceptors (Lipinski definition) is 5. The van der Waals surface area contributed by atoms with Gasteiger partial charge >= 0.3 is 5.97 Å². The minimum atomic E-state index is -0.464. The maximum absolute atomic E-state index is 11.2. The molecule has 0 heterocycles. The molecular weight excluding hydrogens is 337 g/mol. The Hall–Kier alpha value is -0.980. The van der Waals surface area contributed by atoms with Gasteiger partial charge in [-0.15, -0.1) is 12.4 Å². The van der Waals surface area contributed by atoms with Gasteiger partial charge in [0.15, 0.2) is 0 Å². The van der Waals surface area contributed by atoms with Crippen molar-refractivity contribution in [1.29, 1.82) is 0 Å². The van der Waals surface area contributed by atoms with E-state index in [2.05, 4.69) is 20.7 Å². The lowest BCUT2D eigenvalue weighted by molar-refractivity contribution is -0.141. The Kier molecular flexibility index (Phi) is 7.82. The predicted octanol–water partition coefficient (Wildman–Crippen LogP) is 2.45. The Morgan fingerprint density at radius 3 is 2.11 bits per heavy atom. The number of hydrogen-bond donors (Lipinski definition) is 1. The average Bonchev–Trinajstić information content (AvgIpc) is 2.38. The van der Waals surface area contributed by atoms with Crippen molar-refractivity contribution < 1.29 is 19.0 Å². The van der Waals surface area contributed by atoms with Gasteiger partial charge in [-0.2, -0.15) is 0 Å². The number of methoxy groups -OCH3 is 3. The molecule has 0 bridgehead atoms. The van der Waals surface area contributed by atoms with Gasteiger partial charge in [0.25, 0.3) is 0 Å². The highest BCUT2D eigenvalue weighted by molar-refractivity contribution is 9.10. The fourth-order valence-corrected chi connectivity index (χ4v) is 2.04. The Morgan fingerprint density at radius 2 is 1.74 bits per heavy atom. The van der Waals surface area contributed by atoms with Crippen LogP contribution >= 0.6 is 28.3 Å². The van der Waals surface area contributed by atoms with Crippen LogP contribution in [0.2, 0.25) is 0 Å². The summed E-state index contributed by atoms with van der Waals surface area (Å²) in [4.78, 5) is 11.2. The Balaban J connectivity index is 0.00000324. The fourth-order valence-electron chi connectivity index (χ4n) is 1.48. The molecule has 0 saturated heterocycles. The molecule has 1 atom stereocenters. The summed E-state index contributed by atoms with van der Waals surface area (Å²) >= 11 is 3.37. The quantitative estimate of drug-likeness (QED) is 0.822. The van der Waals surface area contributed by atoms with E-state index in [9.17, 15) is 4.79 Å². The van der Waals surface area contributed by atoms with Crippen LogP contribution in [-0.2, 0) is 9.53 Å². The van der Waals surface area contributed by atoms with Crippen molar-refractivity contribution in [3.05, 3.63) is 22.2 Å². The van der Waals surface area contributed by atoms with Gasteiger partial charge < -0.3 is 19.9 Å². The van der Waals surface area contributed by atoms with E-state index in [0.29, 0.717) is 16.0 Å².